The number of nitrogens with zero attached hydrogens (tertiary/aromatic N) is 2. The van der Waals surface area contributed by atoms with E-state index in [4.69, 9.17) is 0 Å². The number of aryl methyl sites for hydroxylation is 1. The van der Waals surface area contributed by atoms with Crippen LogP contribution >= 0.6 is 0 Å². The van der Waals surface area contributed by atoms with E-state index in [-0.39, 0.29) is 17.9 Å². The van der Waals surface area contributed by atoms with E-state index >= 15 is 0 Å². The molecule has 4 heteroatoms. The van der Waals surface area contributed by atoms with E-state index in [0.717, 1.165) is 11.1 Å². The molecular formula is C22H24N2O2. The molecule has 134 valence electrons. The quantitative estimate of drug-likeness (QED) is 0.614. The highest BCUT2D eigenvalue weighted by Crippen LogP contribution is 2.20. The van der Waals surface area contributed by atoms with Crippen LogP contribution in [0.1, 0.15) is 27.9 Å². The summed E-state index contributed by atoms with van der Waals surface area (Å²) in [6.45, 7) is 7.52. The van der Waals surface area contributed by atoms with Gasteiger partial charge in [0.2, 0.25) is 5.91 Å². The Balaban J connectivity index is 1.77. The van der Waals surface area contributed by atoms with E-state index < -0.39 is 0 Å². The summed E-state index contributed by atoms with van der Waals surface area (Å²) in [5.41, 5.74) is 2.80. The number of rotatable bonds is 5. The maximum atomic E-state index is 13.0. The van der Waals surface area contributed by atoms with Crippen molar-refractivity contribution in [3.05, 3.63) is 83.9 Å². The fourth-order valence-electron chi connectivity index (χ4n) is 3.30. The molecule has 2 aromatic carbocycles. The third-order valence-electron chi connectivity index (χ3n) is 4.76. The first-order valence-corrected chi connectivity index (χ1v) is 8.91. The number of piperazine rings is 1. The van der Waals surface area contributed by atoms with Crippen molar-refractivity contribution in [2.75, 3.05) is 13.1 Å². The minimum atomic E-state index is -0.351. The number of carbonyl (C=O) groups is 2. The molecule has 0 saturated carbocycles. The Labute approximate surface area is 154 Å². The number of amides is 2. The molecule has 0 aliphatic carbocycles. The van der Waals surface area contributed by atoms with Crippen LogP contribution in [0.25, 0.3) is 0 Å². The molecule has 0 bridgehead atoms. The predicted octanol–water partition coefficient (Wildman–Crippen LogP) is 3.42. The van der Waals surface area contributed by atoms with E-state index in [1.807, 2.05) is 37.3 Å². The van der Waals surface area contributed by atoms with E-state index in [2.05, 4.69) is 23.6 Å². The summed E-state index contributed by atoms with van der Waals surface area (Å²) in [4.78, 5) is 29.3. The van der Waals surface area contributed by atoms with E-state index in [9.17, 15) is 9.59 Å². The molecule has 0 aromatic heterocycles. The maximum Gasteiger partial charge on any atom is 0.260 e. The minimum Gasteiger partial charge on any atom is -0.286 e. The largest absolute Gasteiger partial charge is 0.286 e. The Morgan fingerprint density at radius 3 is 2.46 bits per heavy atom. The molecule has 1 aliphatic heterocycles. The van der Waals surface area contributed by atoms with Gasteiger partial charge < -0.3 is 0 Å². The van der Waals surface area contributed by atoms with Crippen molar-refractivity contribution >= 4 is 11.8 Å². The molecule has 4 nitrogen and oxygen atoms in total. The van der Waals surface area contributed by atoms with Crippen LogP contribution in [0.15, 0.2) is 67.3 Å². The van der Waals surface area contributed by atoms with Gasteiger partial charge in [-0.2, -0.15) is 0 Å². The van der Waals surface area contributed by atoms with Gasteiger partial charge >= 0.3 is 0 Å². The van der Waals surface area contributed by atoms with E-state index in [0.29, 0.717) is 31.6 Å². The Bertz CT molecular complexity index is 784. The van der Waals surface area contributed by atoms with Gasteiger partial charge in [0.15, 0.2) is 0 Å². The zero-order chi connectivity index (χ0) is 18.5. The average Bonchev–Trinajstić information content (AvgIpc) is 2.66. The second kappa shape index (κ2) is 8.11. The molecule has 1 saturated heterocycles. The Morgan fingerprint density at radius 1 is 1.12 bits per heavy atom. The lowest BCUT2D eigenvalue weighted by Gasteiger charge is -2.39. The first-order chi connectivity index (χ1) is 12.6. The predicted molar refractivity (Wildman–Crippen MR) is 103 cm³/mol. The van der Waals surface area contributed by atoms with Crippen LogP contribution in [0.4, 0.5) is 0 Å². The molecule has 0 radical (unpaired) electrons. The van der Waals surface area contributed by atoms with Crippen molar-refractivity contribution in [1.29, 1.82) is 0 Å². The van der Waals surface area contributed by atoms with Crippen LogP contribution in [0.3, 0.4) is 0 Å². The molecule has 0 N–H and O–H groups in total. The highest BCUT2D eigenvalue weighted by atomic mass is 16.2. The number of hydrogen-bond acceptors (Lipinski definition) is 3. The first kappa shape index (κ1) is 18.1. The zero-order valence-electron chi connectivity index (χ0n) is 15.1. The molecule has 1 aliphatic rings. The number of carbonyl (C=O) groups excluding carboxylic acids is 2. The van der Waals surface area contributed by atoms with Gasteiger partial charge in [-0.3, -0.25) is 19.4 Å². The zero-order valence-corrected chi connectivity index (χ0v) is 15.1. The molecular weight excluding hydrogens is 324 g/mol. The van der Waals surface area contributed by atoms with Gasteiger partial charge in [0.05, 0.1) is 6.04 Å². The van der Waals surface area contributed by atoms with Crippen LogP contribution in [-0.4, -0.2) is 40.7 Å². The third kappa shape index (κ3) is 3.92. The molecule has 1 fully saturated rings. The second-order valence-electron chi connectivity index (χ2n) is 6.66. The average molecular weight is 348 g/mol. The van der Waals surface area contributed by atoms with Crippen molar-refractivity contribution < 1.29 is 9.59 Å². The van der Waals surface area contributed by atoms with Crippen molar-refractivity contribution in [2.45, 2.75) is 25.9 Å². The molecule has 0 spiro atoms. The van der Waals surface area contributed by atoms with E-state index in [1.54, 1.807) is 18.2 Å². The monoisotopic (exact) mass is 348 g/mol. The first-order valence-electron chi connectivity index (χ1n) is 8.91. The summed E-state index contributed by atoms with van der Waals surface area (Å²) < 4.78 is 0. The van der Waals surface area contributed by atoms with E-state index in [1.165, 1.54) is 4.90 Å². The summed E-state index contributed by atoms with van der Waals surface area (Å²) >= 11 is 0. The SMILES string of the molecule is C=CC[C@H]1C(=O)N(C(=O)c2ccc(C)cc2)CCN1Cc1ccccc1. The molecule has 3 rings (SSSR count). The normalized spacial score (nSPS) is 18.0. The van der Waals surface area contributed by atoms with Crippen molar-refractivity contribution in [2.24, 2.45) is 0 Å². The van der Waals surface area contributed by atoms with Gasteiger partial charge in [0.25, 0.3) is 5.91 Å². The lowest BCUT2D eigenvalue weighted by atomic mass is 10.0. The Kier molecular flexibility index (Phi) is 5.64. The van der Waals surface area contributed by atoms with Crippen LogP contribution in [0.2, 0.25) is 0 Å². The van der Waals surface area contributed by atoms with Gasteiger partial charge in [-0.25, -0.2) is 0 Å². The maximum absolute atomic E-state index is 13.0. The topological polar surface area (TPSA) is 40.6 Å². The number of imide groups is 1. The molecule has 0 unspecified atom stereocenters. The molecule has 1 heterocycles. The van der Waals surface area contributed by atoms with Crippen LogP contribution in [-0.2, 0) is 11.3 Å². The third-order valence-corrected chi connectivity index (χ3v) is 4.76. The number of benzene rings is 2. The Hall–Kier alpha value is -2.72. The summed E-state index contributed by atoms with van der Waals surface area (Å²) in [5, 5.41) is 0. The van der Waals surface area contributed by atoms with Crippen molar-refractivity contribution in [1.82, 2.24) is 9.80 Å². The highest BCUT2D eigenvalue weighted by Gasteiger charge is 2.37. The van der Waals surface area contributed by atoms with Crippen LogP contribution < -0.4 is 0 Å². The van der Waals surface area contributed by atoms with Gasteiger partial charge in [-0.15, -0.1) is 6.58 Å². The molecule has 2 aromatic rings. The molecule has 1 atom stereocenters. The highest BCUT2D eigenvalue weighted by molar-refractivity contribution is 6.06. The van der Waals surface area contributed by atoms with Crippen molar-refractivity contribution in [3.8, 4) is 0 Å². The lowest BCUT2D eigenvalue weighted by molar-refractivity contribution is -0.138. The van der Waals surface area contributed by atoms with Crippen LogP contribution in [0, 0.1) is 6.92 Å². The fourth-order valence-corrected chi connectivity index (χ4v) is 3.30. The summed E-state index contributed by atoms with van der Waals surface area (Å²) in [6, 6.07) is 17.1. The van der Waals surface area contributed by atoms with Gasteiger partial charge in [0, 0.05) is 25.2 Å². The lowest BCUT2D eigenvalue weighted by Crippen LogP contribution is -2.58. The van der Waals surface area contributed by atoms with Crippen molar-refractivity contribution in [3.63, 3.8) is 0 Å². The minimum absolute atomic E-state index is 0.141. The Morgan fingerprint density at radius 2 is 1.81 bits per heavy atom. The van der Waals surface area contributed by atoms with Crippen LogP contribution in [0.5, 0.6) is 0 Å². The summed E-state index contributed by atoms with van der Waals surface area (Å²) in [6.07, 6.45) is 2.28. The molecule has 2 amide bonds. The van der Waals surface area contributed by atoms with Gasteiger partial charge in [0.1, 0.15) is 0 Å². The van der Waals surface area contributed by atoms with Gasteiger partial charge in [-0.1, -0.05) is 54.1 Å². The molecule has 26 heavy (non-hydrogen) atoms. The summed E-state index contributed by atoms with van der Waals surface area (Å²) in [7, 11) is 0. The smallest absolute Gasteiger partial charge is 0.260 e. The second-order valence-corrected chi connectivity index (χ2v) is 6.66. The fraction of sp³-hybridized carbons (Fsp3) is 0.273. The standard InChI is InChI=1S/C22H24N2O2/c1-3-7-20-22(26)24(21(25)19-12-10-17(2)11-13-19)15-14-23(20)16-18-8-5-4-6-9-18/h3-6,8-13,20H,1,7,14-16H2,2H3/t20-/m0/s1. The van der Waals surface area contributed by atoms with Gasteiger partial charge in [-0.05, 0) is 31.0 Å². The number of hydrogen-bond donors (Lipinski definition) is 0. The summed E-state index contributed by atoms with van der Waals surface area (Å²) in [5.74, 6) is -0.360.